The van der Waals surface area contributed by atoms with Gasteiger partial charge in [-0.2, -0.15) is 0 Å². The number of rotatable bonds is 2. The molecule has 3 aliphatic carbocycles. The lowest BCUT2D eigenvalue weighted by molar-refractivity contribution is -0.939. The molecule has 4 heteroatoms. The largest absolute Gasteiger partial charge is 0.550 e. The number of hydrogen-bond acceptors (Lipinski definition) is 3. The van der Waals surface area contributed by atoms with Gasteiger partial charge in [-0.25, -0.2) is 0 Å². The van der Waals surface area contributed by atoms with Gasteiger partial charge in [0.05, 0.1) is 36.6 Å². The lowest BCUT2D eigenvalue weighted by atomic mass is 9.47. The van der Waals surface area contributed by atoms with Crippen LogP contribution in [0.4, 0.5) is 0 Å². The molecule has 140 valence electrons. The molecule has 0 aromatic rings. The van der Waals surface area contributed by atoms with E-state index in [4.69, 9.17) is 0 Å². The van der Waals surface area contributed by atoms with Crippen molar-refractivity contribution in [1.29, 1.82) is 0 Å². The summed E-state index contributed by atoms with van der Waals surface area (Å²) in [5, 5.41) is 23.1. The zero-order valence-corrected chi connectivity index (χ0v) is 15.6. The fraction of sp³-hybridized carbons (Fsp3) is 0.864. The first kappa shape index (κ1) is 15.1. The fourth-order valence-electron chi connectivity index (χ4n) is 11.0. The van der Waals surface area contributed by atoms with E-state index in [1.54, 1.807) is 11.1 Å². The van der Waals surface area contributed by atoms with E-state index in [1.165, 1.54) is 36.8 Å². The van der Waals surface area contributed by atoms with Gasteiger partial charge in [-0.1, -0.05) is 18.1 Å². The van der Waals surface area contributed by atoms with Crippen LogP contribution in [0.15, 0.2) is 11.1 Å². The third-order valence-electron chi connectivity index (χ3n) is 11.0. The molecule has 5 fully saturated rings. The van der Waals surface area contributed by atoms with Crippen molar-refractivity contribution in [3.05, 3.63) is 11.1 Å². The van der Waals surface area contributed by atoms with Crippen molar-refractivity contribution < 1.29 is 19.5 Å². The summed E-state index contributed by atoms with van der Waals surface area (Å²) in [6, 6.07) is 1.19. The monoisotopic (exact) mass is 355 g/mol. The molecule has 4 heterocycles. The van der Waals surface area contributed by atoms with Crippen LogP contribution in [0, 0.1) is 40.4 Å². The minimum atomic E-state index is -0.820. The first-order valence-corrected chi connectivity index (χ1v) is 10.9. The molecule has 10 atom stereocenters. The molecule has 7 rings (SSSR count). The van der Waals surface area contributed by atoms with Crippen LogP contribution < -0.4 is 5.11 Å². The molecule has 0 unspecified atom stereocenters. The van der Waals surface area contributed by atoms with Gasteiger partial charge in [-0.15, -0.1) is 0 Å². The summed E-state index contributed by atoms with van der Waals surface area (Å²) in [4.78, 5) is 12.1. The van der Waals surface area contributed by atoms with Gasteiger partial charge >= 0.3 is 0 Å². The number of carbonyl (C=O) groups excluding carboxylic acids is 1. The minimum absolute atomic E-state index is 0.0131. The van der Waals surface area contributed by atoms with Gasteiger partial charge in [0.2, 0.25) is 0 Å². The smallest absolute Gasteiger partial charge is 0.103 e. The van der Waals surface area contributed by atoms with E-state index < -0.39 is 5.97 Å². The molecule has 4 saturated heterocycles. The van der Waals surface area contributed by atoms with Crippen molar-refractivity contribution in [2.24, 2.45) is 40.4 Å². The average Bonchev–Trinajstić information content (AvgIpc) is 3.36. The van der Waals surface area contributed by atoms with Gasteiger partial charge in [-0.3, -0.25) is 0 Å². The van der Waals surface area contributed by atoms with Crippen molar-refractivity contribution in [3.8, 4) is 0 Å². The number of aliphatic hydroxyl groups is 1. The maximum Gasteiger partial charge on any atom is 0.103 e. The second-order valence-electron chi connectivity index (χ2n) is 11.0. The molecule has 7 aliphatic rings. The lowest BCUT2D eigenvalue weighted by Gasteiger charge is -2.52. The maximum absolute atomic E-state index is 12.1. The van der Waals surface area contributed by atoms with Crippen LogP contribution in [-0.2, 0) is 4.79 Å². The highest BCUT2D eigenvalue weighted by Gasteiger charge is 2.92. The molecule has 4 nitrogen and oxygen atoms in total. The number of hydrogen-bond donors (Lipinski definition) is 1. The predicted molar refractivity (Wildman–Crippen MR) is 92.4 cm³/mol. The van der Waals surface area contributed by atoms with Crippen LogP contribution in [0.1, 0.15) is 45.4 Å². The van der Waals surface area contributed by atoms with Crippen LogP contribution in [-0.4, -0.2) is 47.3 Å². The Hall–Kier alpha value is -0.870. The van der Waals surface area contributed by atoms with E-state index in [0.717, 1.165) is 31.1 Å². The van der Waals surface area contributed by atoms with Gasteiger partial charge in [0.25, 0.3) is 0 Å². The number of carboxylic acids is 1. The Morgan fingerprint density at radius 2 is 2.12 bits per heavy atom. The summed E-state index contributed by atoms with van der Waals surface area (Å²) in [5.74, 6) is 1.18. The molecular weight excluding hydrogens is 326 g/mol. The number of aliphatic hydroxyl groups excluding tert-OH is 1. The zero-order chi connectivity index (χ0) is 17.6. The average molecular weight is 355 g/mol. The zero-order valence-electron chi connectivity index (χ0n) is 15.6. The van der Waals surface area contributed by atoms with Crippen molar-refractivity contribution in [2.75, 3.05) is 19.7 Å². The van der Waals surface area contributed by atoms with Gasteiger partial charge < -0.3 is 19.5 Å². The third-order valence-corrected chi connectivity index (χ3v) is 11.0. The van der Waals surface area contributed by atoms with Crippen molar-refractivity contribution >= 4 is 5.97 Å². The number of carboxylic acid groups (broad SMARTS) is 1. The summed E-state index contributed by atoms with van der Waals surface area (Å²) in [7, 11) is 0. The Bertz CT molecular complexity index is 790. The van der Waals surface area contributed by atoms with Crippen molar-refractivity contribution in [1.82, 2.24) is 0 Å². The highest BCUT2D eigenvalue weighted by molar-refractivity contribution is 5.71. The van der Waals surface area contributed by atoms with Crippen LogP contribution in [0.5, 0.6) is 0 Å². The topological polar surface area (TPSA) is 60.4 Å². The third kappa shape index (κ3) is 1.13. The molecule has 5 bridgehead atoms. The van der Waals surface area contributed by atoms with Crippen LogP contribution in [0.2, 0.25) is 0 Å². The molecule has 1 N–H and O–H groups in total. The second-order valence-corrected chi connectivity index (χ2v) is 11.0. The number of piperidine rings is 2. The molecule has 1 saturated carbocycles. The molecule has 2 spiro atoms. The van der Waals surface area contributed by atoms with Crippen molar-refractivity contribution in [3.63, 3.8) is 0 Å². The Labute approximate surface area is 154 Å². The first-order valence-electron chi connectivity index (χ1n) is 10.9. The Morgan fingerprint density at radius 3 is 2.88 bits per heavy atom. The summed E-state index contributed by atoms with van der Waals surface area (Å²) in [5.41, 5.74) is 3.13. The van der Waals surface area contributed by atoms with E-state index in [-0.39, 0.29) is 29.3 Å². The molecular formula is C22H29NO3. The molecule has 0 aromatic heterocycles. The van der Waals surface area contributed by atoms with E-state index in [0.29, 0.717) is 18.0 Å². The van der Waals surface area contributed by atoms with E-state index in [2.05, 4.69) is 6.92 Å². The van der Waals surface area contributed by atoms with Crippen LogP contribution in [0.25, 0.3) is 0 Å². The molecule has 0 radical (unpaired) electrons. The SMILES string of the molecule is C[C@@H]1C[N@@+]23C[C@H]4CCC5=C6[C@H](CC5)[C@H](C(=O)[O-])C[C@@]65[C@@H]2[C@@H]1C[C@@H]3[C@@]45CO. The standard InChI is InChI=1S/C22H29NO3/c1-11-8-23-9-13-4-2-12-3-5-14-16(20(25)26)7-21(18(12)14)19(23)15(11)6-17(23)22(13,21)10-24/h11,13-17,19,24H,2-10H2,1H3/t11-,13-,14-,15-,16-,17-,19+,21+,22-,23+/m1/s1. The first-order chi connectivity index (χ1) is 12.5. The predicted octanol–water partition coefficient (Wildman–Crippen LogP) is 1.09. The van der Waals surface area contributed by atoms with Gasteiger partial charge in [0.15, 0.2) is 0 Å². The minimum Gasteiger partial charge on any atom is -0.550 e. The fourth-order valence-corrected chi connectivity index (χ4v) is 11.0. The summed E-state index contributed by atoms with van der Waals surface area (Å²) < 4.78 is 1.25. The number of allylic oxidation sites excluding steroid dienone is 1. The van der Waals surface area contributed by atoms with Gasteiger partial charge in [0.1, 0.15) is 6.04 Å². The number of quaternary nitrogens is 1. The Kier molecular flexibility index (Phi) is 2.38. The normalized spacial score (nSPS) is 62.9. The van der Waals surface area contributed by atoms with Crippen molar-refractivity contribution in [2.45, 2.75) is 57.5 Å². The quantitative estimate of drug-likeness (QED) is 0.596. The highest BCUT2D eigenvalue weighted by Crippen LogP contribution is 2.84. The molecule has 0 amide bonds. The number of carbonyl (C=O) groups is 1. The summed E-state index contributed by atoms with van der Waals surface area (Å²) in [6.45, 7) is 5.26. The molecule has 4 aliphatic heterocycles. The van der Waals surface area contributed by atoms with Crippen LogP contribution >= 0.6 is 0 Å². The summed E-state index contributed by atoms with van der Waals surface area (Å²) in [6.07, 6.45) is 6.59. The van der Waals surface area contributed by atoms with E-state index in [9.17, 15) is 15.0 Å². The van der Waals surface area contributed by atoms with E-state index >= 15 is 0 Å². The van der Waals surface area contributed by atoms with E-state index in [1.807, 2.05) is 0 Å². The Balaban J connectivity index is 1.55. The second kappa shape index (κ2) is 4.10. The number of aliphatic carboxylic acids is 1. The molecule has 0 aromatic carbocycles. The van der Waals surface area contributed by atoms with Gasteiger partial charge in [-0.05, 0) is 38.0 Å². The van der Waals surface area contributed by atoms with Crippen LogP contribution in [0.3, 0.4) is 0 Å². The lowest BCUT2D eigenvalue weighted by Crippen LogP contribution is -2.60. The molecule has 26 heavy (non-hydrogen) atoms. The Morgan fingerprint density at radius 1 is 1.31 bits per heavy atom. The summed E-state index contributed by atoms with van der Waals surface area (Å²) >= 11 is 0. The number of nitrogens with zero attached hydrogens (tertiary/aromatic N) is 1. The highest BCUT2D eigenvalue weighted by atomic mass is 16.4. The van der Waals surface area contributed by atoms with Gasteiger partial charge in [0, 0.05) is 36.1 Å². The maximum atomic E-state index is 12.1.